The molecule has 5 heteroatoms. The molecule has 64 valence electrons. The molecule has 1 rings (SSSR count). The number of hydrogen-bond donors (Lipinski definition) is 0. The summed E-state index contributed by atoms with van der Waals surface area (Å²) in [5, 5.41) is 10.5. The SMILES string of the molecule is COc1ccc(Br)c(C(=O)[O-])c1.[Na+]. The molecule has 0 unspecified atom stereocenters. The van der Waals surface area contributed by atoms with Crippen molar-refractivity contribution in [2.45, 2.75) is 0 Å². The van der Waals surface area contributed by atoms with Crippen molar-refractivity contribution in [2.75, 3.05) is 7.11 Å². The molecule has 0 atom stereocenters. The van der Waals surface area contributed by atoms with Crippen LogP contribution in [-0.2, 0) is 0 Å². The number of halogens is 1. The quantitative estimate of drug-likeness (QED) is 0.563. The number of ether oxygens (including phenoxy) is 1. The van der Waals surface area contributed by atoms with E-state index >= 15 is 0 Å². The molecule has 0 amide bonds. The van der Waals surface area contributed by atoms with Crippen LogP contribution in [0.3, 0.4) is 0 Å². The molecule has 0 aliphatic carbocycles. The van der Waals surface area contributed by atoms with E-state index in [-0.39, 0.29) is 35.1 Å². The zero-order chi connectivity index (χ0) is 9.14. The van der Waals surface area contributed by atoms with Gasteiger partial charge in [-0.2, -0.15) is 0 Å². The van der Waals surface area contributed by atoms with Gasteiger partial charge in [0.2, 0.25) is 0 Å². The molecule has 0 aliphatic rings. The fraction of sp³-hybridized carbons (Fsp3) is 0.125. The first kappa shape index (κ1) is 13.0. The maximum Gasteiger partial charge on any atom is 1.00 e. The van der Waals surface area contributed by atoms with E-state index in [4.69, 9.17) is 4.74 Å². The first-order valence-electron chi connectivity index (χ1n) is 3.20. The largest absolute Gasteiger partial charge is 1.00 e. The molecule has 0 saturated carbocycles. The van der Waals surface area contributed by atoms with E-state index < -0.39 is 5.97 Å². The average molecular weight is 253 g/mol. The third-order valence-electron chi connectivity index (χ3n) is 1.39. The van der Waals surface area contributed by atoms with Crippen molar-refractivity contribution >= 4 is 21.9 Å². The number of aromatic carboxylic acids is 1. The van der Waals surface area contributed by atoms with Gasteiger partial charge in [-0.05, 0) is 18.2 Å². The molecule has 1 aromatic rings. The third kappa shape index (κ3) is 3.31. The molecule has 3 nitrogen and oxygen atoms in total. The number of carbonyl (C=O) groups is 1. The summed E-state index contributed by atoms with van der Waals surface area (Å²) in [5.74, 6) is -0.724. The van der Waals surface area contributed by atoms with Gasteiger partial charge in [0.25, 0.3) is 0 Å². The van der Waals surface area contributed by atoms with Crippen LogP contribution in [-0.4, -0.2) is 13.1 Å². The van der Waals surface area contributed by atoms with Crippen LogP contribution in [0.5, 0.6) is 5.75 Å². The molecule has 0 spiro atoms. The molecular weight excluding hydrogens is 247 g/mol. The minimum atomic E-state index is -1.22. The number of hydrogen-bond acceptors (Lipinski definition) is 3. The van der Waals surface area contributed by atoms with Crippen LogP contribution in [0.1, 0.15) is 10.4 Å². The van der Waals surface area contributed by atoms with Crippen molar-refractivity contribution in [2.24, 2.45) is 0 Å². The van der Waals surface area contributed by atoms with Gasteiger partial charge in [-0.1, -0.05) is 15.9 Å². The van der Waals surface area contributed by atoms with Gasteiger partial charge in [0.05, 0.1) is 13.1 Å². The number of carboxylic acid groups (broad SMARTS) is 1. The number of carbonyl (C=O) groups excluding carboxylic acids is 1. The summed E-state index contributed by atoms with van der Waals surface area (Å²) in [5.41, 5.74) is 0.0920. The van der Waals surface area contributed by atoms with Gasteiger partial charge in [-0.25, -0.2) is 0 Å². The van der Waals surface area contributed by atoms with Gasteiger partial charge in [-0.15, -0.1) is 0 Å². The Balaban J connectivity index is 0.00000144. The molecule has 0 aliphatic heterocycles. The van der Waals surface area contributed by atoms with E-state index in [1.165, 1.54) is 13.2 Å². The van der Waals surface area contributed by atoms with E-state index in [1.807, 2.05) is 0 Å². The standard InChI is InChI=1S/C8H7BrO3.Na/c1-12-5-2-3-7(9)6(4-5)8(10)11;/h2-4H,1H3,(H,10,11);/q;+1/p-1. The number of carboxylic acids is 1. The van der Waals surface area contributed by atoms with Crippen LogP contribution >= 0.6 is 15.9 Å². The predicted molar refractivity (Wildman–Crippen MR) is 45.0 cm³/mol. The summed E-state index contributed by atoms with van der Waals surface area (Å²) in [6.07, 6.45) is 0. The molecule has 0 aromatic heterocycles. The van der Waals surface area contributed by atoms with Crippen LogP contribution in [0.25, 0.3) is 0 Å². The zero-order valence-electron chi connectivity index (χ0n) is 7.33. The molecular formula is C8H6BrNaO3. The number of benzene rings is 1. The molecule has 13 heavy (non-hydrogen) atoms. The monoisotopic (exact) mass is 252 g/mol. The summed E-state index contributed by atoms with van der Waals surface area (Å²) in [6, 6.07) is 4.67. The van der Waals surface area contributed by atoms with E-state index in [9.17, 15) is 9.90 Å². The Kier molecular flexibility index (Phi) is 5.64. The van der Waals surface area contributed by atoms with Crippen LogP contribution in [0.15, 0.2) is 22.7 Å². The minimum Gasteiger partial charge on any atom is -0.545 e. The van der Waals surface area contributed by atoms with Gasteiger partial charge in [0.15, 0.2) is 0 Å². The van der Waals surface area contributed by atoms with Crippen LogP contribution in [0.4, 0.5) is 0 Å². The van der Waals surface area contributed by atoms with Crippen molar-refractivity contribution in [1.82, 2.24) is 0 Å². The Morgan fingerprint density at radius 3 is 2.62 bits per heavy atom. The third-order valence-corrected chi connectivity index (χ3v) is 2.08. The van der Waals surface area contributed by atoms with Crippen molar-refractivity contribution < 1.29 is 44.2 Å². The van der Waals surface area contributed by atoms with Gasteiger partial charge in [-0.3, -0.25) is 0 Å². The fourth-order valence-corrected chi connectivity index (χ4v) is 1.20. The Hall–Kier alpha value is -0.0300. The van der Waals surface area contributed by atoms with E-state index in [0.29, 0.717) is 10.2 Å². The van der Waals surface area contributed by atoms with Crippen molar-refractivity contribution in [1.29, 1.82) is 0 Å². The van der Waals surface area contributed by atoms with Crippen molar-refractivity contribution in [3.8, 4) is 5.75 Å². The molecule has 0 saturated heterocycles. The summed E-state index contributed by atoms with van der Waals surface area (Å²) in [4.78, 5) is 10.5. The molecule has 0 fully saturated rings. The van der Waals surface area contributed by atoms with Gasteiger partial charge in [0, 0.05) is 10.0 Å². The van der Waals surface area contributed by atoms with Crippen molar-refractivity contribution in [3.05, 3.63) is 28.2 Å². The van der Waals surface area contributed by atoms with Gasteiger partial charge in [0.1, 0.15) is 5.75 Å². The van der Waals surface area contributed by atoms with E-state index in [0.717, 1.165) is 0 Å². The first-order valence-corrected chi connectivity index (χ1v) is 3.99. The fourth-order valence-electron chi connectivity index (χ4n) is 0.788. The Labute approximate surface area is 107 Å². The van der Waals surface area contributed by atoms with Gasteiger partial charge >= 0.3 is 29.6 Å². The first-order chi connectivity index (χ1) is 5.65. The van der Waals surface area contributed by atoms with E-state index in [2.05, 4.69) is 15.9 Å². The maximum atomic E-state index is 10.5. The molecule has 0 N–H and O–H groups in total. The topological polar surface area (TPSA) is 49.4 Å². The summed E-state index contributed by atoms with van der Waals surface area (Å²) < 4.78 is 5.34. The van der Waals surface area contributed by atoms with E-state index in [1.54, 1.807) is 12.1 Å². The average Bonchev–Trinajstić information content (AvgIpc) is 2.05. The Morgan fingerprint density at radius 1 is 1.54 bits per heavy atom. The second-order valence-corrected chi connectivity index (χ2v) is 2.99. The smallest absolute Gasteiger partial charge is 0.545 e. The Morgan fingerprint density at radius 2 is 2.15 bits per heavy atom. The normalized spacial score (nSPS) is 8.77. The summed E-state index contributed by atoms with van der Waals surface area (Å²) >= 11 is 3.08. The number of methoxy groups -OCH3 is 1. The summed E-state index contributed by atoms with van der Waals surface area (Å²) in [7, 11) is 1.47. The minimum absolute atomic E-state index is 0. The Bertz CT molecular complexity index is 314. The van der Waals surface area contributed by atoms with Crippen LogP contribution < -0.4 is 39.4 Å². The summed E-state index contributed by atoms with van der Waals surface area (Å²) in [6.45, 7) is 0. The molecule has 0 radical (unpaired) electrons. The predicted octanol–water partition coefficient (Wildman–Crippen LogP) is -2.17. The molecule has 1 aromatic carbocycles. The van der Waals surface area contributed by atoms with Gasteiger partial charge < -0.3 is 14.6 Å². The van der Waals surface area contributed by atoms with Crippen LogP contribution in [0.2, 0.25) is 0 Å². The maximum absolute atomic E-state index is 10.5. The number of rotatable bonds is 2. The van der Waals surface area contributed by atoms with Crippen molar-refractivity contribution in [3.63, 3.8) is 0 Å². The second kappa shape index (κ2) is 5.65. The van der Waals surface area contributed by atoms with Crippen LogP contribution in [0, 0.1) is 0 Å². The molecule has 0 heterocycles. The molecule has 0 bridgehead atoms. The zero-order valence-corrected chi connectivity index (χ0v) is 10.9. The second-order valence-electron chi connectivity index (χ2n) is 2.13.